The van der Waals surface area contributed by atoms with Crippen molar-refractivity contribution in [1.29, 1.82) is 0 Å². The minimum Gasteiger partial charge on any atom is -0.396 e. The molecule has 0 amide bonds. The Hall–Kier alpha value is -1.85. The summed E-state index contributed by atoms with van der Waals surface area (Å²) in [6, 6.07) is 0.0642. The summed E-state index contributed by atoms with van der Waals surface area (Å²) in [5.74, 6) is 0.699. The number of hydrogen-bond acceptors (Lipinski definition) is 9. The SMILES string of the molecule is CC(CO)C[C@@H](C)Nc1ncnc2c1ncn2[C@@H]1O[C@H](CO)[C@@H](O)[C@H]1O. The molecule has 3 heterocycles. The van der Waals surface area contributed by atoms with E-state index in [4.69, 9.17) is 4.74 Å². The van der Waals surface area contributed by atoms with E-state index in [1.54, 1.807) is 0 Å². The molecule has 2 aromatic heterocycles. The van der Waals surface area contributed by atoms with Crippen LogP contribution < -0.4 is 5.32 Å². The minimum absolute atomic E-state index is 0.0642. The second-order valence-corrected chi connectivity index (χ2v) is 6.84. The number of hydrogen-bond donors (Lipinski definition) is 5. The maximum absolute atomic E-state index is 10.2. The third-order valence-electron chi connectivity index (χ3n) is 4.60. The van der Waals surface area contributed by atoms with Gasteiger partial charge < -0.3 is 30.5 Å². The molecule has 2 aromatic rings. The number of aliphatic hydroxyl groups is 4. The summed E-state index contributed by atoms with van der Waals surface area (Å²) in [5, 5.41) is 41.9. The fraction of sp³-hybridized carbons (Fsp3) is 0.688. The summed E-state index contributed by atoms with van der Waals surface area (Å²) in [5.41, 5.74) is 0.952. The lowest BCUT2D eigenvalue weighted by atomic mass is 10.0. The van der Waals surface area contributed by atoms with E-state index in [2.05, 4.69) is 20.3 Å². The molecule has 0 spiro atoms. The van der Waals surface area contributed by atoms with Crippen molar-refractivity contribution < 1.29 is 25.2 Å². The van der Waals surface area contributed by atoms with Crippen LogP contribution in [-0.2, 0) is 4.74 Å². The van der Waals surface area contributed by atoms with Crippen molar-refractivity contribution in [2.24, 2.45) is 5.92 Å². The van der Waals surface area contributed by atoms with Gasteiger partial charge in [-0.1, -0.05) is 6.92 Å². The van der Waals surface area contributed by atoms with Crippen LogP contribution in [0.1, 0.15) is 26.5 Å². The van der Waals surface area contributed by atoms with Gasteiger partial charge in [-0.3, -0.25) is 4.57 Å². The molecule has 1 aliphatic heterocycles. The highest BCUT2D eigenvalue weighted by Gasteiger charge is 2.44. The van der Waals surface area contributed by atoms with Gasteiger partial charge in [0.15, 0.2) is 23.2 Å². The number of rotatable bonds is 7. The fourth-order valence-electron chi connectivity index (χ4n) is 3.22. The standard InChI is InChI=1S/C16H25N5O5/c1-8(4-22)3-9(2)20-14-11-15(18-6-17-14)21(7-19-11)16-13(25)12(24)10(5-23)26-16/h6-10,12-13,16,22-25H,3-5H2,1-2H3,(H,17,18,20)/t8?,9-,10-,12-,13-,16-/m1/s1. The van der Waals surface area contributed by atoms with Crippen molar-refractivity contribution in [3.8, 4) is 0 Å². The van der Waals surface area contributed by atoms with Gasteiger partial charge >= 0.3 is 0 Å². The first-order valence-corrected chi connectivity index (χ1v) is 8.63. The number of nitrogens with one attached hydrogen (secondary N) is 1. The normalized spacial score (nSPS) is 28.4. The molecule has 0 aromatic carbocycles. The van der Waals surface area contributed by atoms with Crippen LogP contribution in [0.2, 0.25) is 0 Å². The van der Waals surface area contributed by atoms with Gasteiger partial charge in [-0.2, -0.15) is 0 Å². The second-order valence-electron chi connectivity index (χ2n) is 6.84. The van der Waals surface area contributed by atoms with Gasteiger partial charge in [0.2, 0.25) is 0 Å². The predicted molar refractivity (Wildman–Crippen MR) is 92.3 cm³/mol. The largest absolute Gasteiger partial charge is 0.396 e. The molecule has 0 radical (unpaired) electrons. The van der Waals surface area contributed by atoms with E-state index in [9.17, 15) is 20.4 Å². The molecule has 0 saturated carbocycles. The fourth-order valence-corrected chi connectivity index (χ4v) is 3.22. The van der Waals surface area contributed by atoms with E-state index in [-0.39, 0.29) is 18.6 Å². The van der Waals surface area contributed by atoms with Crippen molar-refractivity contribution >= 4 is 17.0 Å². The van der Waals surface area contributed by atoms with Crippen molar-refractivity contribution in [2.75, 3.05) is 18.5 Å². The van der Waals surface area contributed by atoms with Crippen LogP contribution in [0.25, 0.3) is 11.2 Å². The lowest BCUT2D eigenvalue weighted by Gasteiger charge is -2.18. The van der Waals surface area contributed by atoms with Crippen LogP contribution in [0.15, 0.2) is 12.7 Å². The zero-order valence-corrected chi connectivity index (χ0v) is 14.7. The molecule has 0 aliphatic carbocycles. The molecule has 6 atom stereocenters. The van der Waals surface area contributed by atoms with Gasteiger partial charge in [-0.15, -0.1) is 0 Å². The number of aromatic nitrogens is 4. The molecule has 26 heavy (non-hydrogen) atoms. The number of fused-ring (bicyclic) bond motifs is 1. The molecule has 1 saturated heterocycles. The molecular formula is C16H25N5O5. The Morgan fingerprint density at radius 1 is 1.19 bits per heavy atom. The molecule has 1 unspecified atom stereocenters. The Labute approximate surface area is 150 Å². The van der Waals surface area contributed by atoms with E-state index < -0.39 is 31.1 Å². The molecule has 5 N–H and O–H groups in total. The zero-order chi connectivity index (χ0) is 18.8. The Morgan fingerprint density at radius 3 is 2.62 bits per heavy atom. The van der Waals surface area contributed by atoms with Crippen LogP contribution in [0, 0.1) is 5.92 Å². The van der Waals surface area contributed by atoms with Crippen LogP contribution in [0.3, 0.4) is 0 Å². The molecule has 144 valence electrons. The molecule has 10 nitrogen and oxygen atoms in total. The summed E-state index contributed by atoms with van der Waals surface area (Å²) < 4.78 is 7.06. The van der Waals surface area contributed by atoms with E-state index >= 15 is 0 Å². The quantitative estimate of drug-likeness (QED) is 0.427. The summed E-state index contributed by atoms with van der Waals surface area (Å²) >= 11 is 0. The van der Waals surface area contributed by atoms with E-state index in [1.165, 1.54) is 17.2 Å². The molecule has 1 fully saturated rings. The summed E-state index contributed by atoms with van der Waals surface area (Å²) in [7, 11) is 0. The third kappa shape index (κ3) is 3.51. The van der Waals surface area contributed by atoms with Crippen molar-refractivity contribution in [3.63, 3.8) is 0 Å². The highest BCUT2D eigenvalue weighted by molar-refractivity contribution is 5.82. The number of nitrogens with zero attached hydrogens (tertiary/aromatic N) is 4. The van der Waals surface area contributed by atoms with Crippen molar-refractivity contribution in [3.05, 3.63) is 12.7 Å². The second kappa shape index (κ2) is 7.80. The number of imidazole rings is 1. The molecule has 1 aliphatic rings. The smallest absolute Gasteiger partial charge is 0.167 e. The van der Waals surface area contributed by atoms with E-state index in [1.807, 2.05) is 13.8 Å². The van der Waals surface area contributed by atoms with E-state index in [0.29, 0.717) is 17.0 Å². The number of aliphatic hydroxyl groups excluding tert-OH is 4. The van der Waals surface area contributed by atoms with Crippen molar-refractivity contribution in [1.82, 2.24) is 19.5 Å². The summed E-state index contributed by atoms with van der Waals surface area (Å²) in [6.45, 7) is 3.67. The van der Waals surface area contributed by atoms with Gasteiger partial charge in [-0.05, 0) is 19.3 Å². The maximum atomic E-state index is 10.2. The van der Waals surface area contributed by atoms with Crippen LogP contribution >= 0.6 is 0 Å². The predicted octanol–water partition coefficient (Wildman–Crippen LogP) is -0.743. The first kappa shape index (κ1) is 18.9. The summed E-state index contributed by atoms with van der Waals surface area (Å²) in [4.78, 5) is 12.8. The first-order valence-electron chi connectivity index (χ1n) is 8.63. The zero-order valence-electron chi connectivity index (χ0n) is 14.7. The third-order valence-corrected chi connectivity index (χ3v) is 4.60. The Morgan fingerprint density at radius 2 is 1.96 bits per heavy atom. The molecule has 10 heteroatoms. The monoisotopic (exact) mass is 367 g/mol. The average molecular weight is 367 g/mol. The maximum Gasteiger partial charge on any atom is 0.167 e. The van der Waals surface area contributed by atoms with E-state index in [0.717, 1.165) is 6.42 Å². The highest BCUT2D eigenvalue weighted by atomic mass is 16.6. The molecule has 3 rings (SSSR count). The number of ether oxygens (including phenoxy) is 1. The van der Waals surface area contributed by atoms with Gasteiger partial charge in [-0.25, -0.2) is 15.0 Å². The minimum atomic E-state index is -1.21. The van der Waals surface area contributed by atoms with Crippen LogP contribution in [0.5, 0.6) is 0 Å². The van der Waals surface area contributed by atoms with Crippen molar-refractivity contribution in [2.45, 2.75) is 50.8 Å². The van der Waals surface area contributed by atoms with Gasteiger partial charge in [0.1, 0.15) is 24.6 Å². The lowest BCUT2D eigenvalue weighted by Crippen LogP contribution is -2.33. The molecular weight excluding hydrogens is 342 g/mol. The summed E-state index contributed by atoms with van der Waals surface area (Å²) in [6.07, 6.45) is -0.564. The lowest BCUT2D eigenvalue weighted by molar-refractivity contribution is -0.0511. The van der Waals surface area contributed by atoms with Gasteiger partial charge in [0.05, 0.1) is 12.9 Å². The average Bonchev–Trinajstić information content (AvgIpc) is 3.17. The van der Waals surface area contributed by atoms with Gasteiger partial charge in [0.25, 0.3) is 0 Å². The topological polar surface area (TPSA) is 146 Å². The molecule has 0 bridgehead atoms. The Kier molecular flexibility index (Phi) is 5.68. The van der Waals surface area contributed by atoms with Crippen LogP contribution in [-0.4, -0.2) is 77.5 Å². The Bertz CT molecular complexity index is 741. The Balaban J connectivity index is 1.85. The van der Waals surface area contributed by atoms with Gasteiger partial charge in [0, 0.05) is 12.6 Å². The highest BCUT2D eigenvalue weighted by Crippen LogP contribution is 2.32. The first-order chi connectivity index (χ1) is 12.5. The number of anilines is 1. The van der Waals surface area contributed by atoms with Crippen LogP contribution in [0.4, 0.5) is 5.82 Å².